The summed E-state index contributed by atoms with van der Waals surface area (Å²) in [6.45, 7) is 6.36. The van der Waals surface area contributed by atoms with Crippen molar-refractivity contribution in [1.82, 2.24) is 4.98 Å². The van der Waals surface area contributed by atoms with Crippen LogP contribution in [0.3, 0.4) is 0 Å². The summed E-state index contributed by atoms with van der Waals surface area (Å²) in [4.78, 5) is 5.47. The Kier molecular flexibility index (Phi) is 4.01. The van der Waals surface area contributed by atoms with E-state index in [4.69, 9.17) is 5.73 Å². The SMILES string of the molecule is C/C=C(\SC(C)C)c1cccc(N)n1. The molecule has 0 amide bonds. The Bertz CT molecular complexity index is 332. The number of thioether (sulfide) groups is 1. The van der Waals surface area contributed by atoms with E-state index in [1.54, 1.807) is 17.8 Å². The molecule has 0 aromatic carbocycles. The molecule has 0 fully saturated rings. The number of hydrogen-bond donors (Lipinski definition) is 1. The van der Waals surface area contributed by atoms with Gasteiger partial charge in [-0.1, -0.05) is 26.0 Å². The van der Waals surface area contributed by atoms with E-state index in [1.807, 2.05) is 19.1 Å². The fraction of sp³-hybridized carbons (Fsp3) is 0.364. The van der Waals surface area contributed by atoms with Crippen LogP contribution in [0.5, 0.6) is 0 Å². The van der Waals surface area contributed by atoms with Gasteiger partial charge in [-0.2, -0.15) is 0 Å². The van der Waals surface area contributed by atoms with Gasteiger partial charge in [-0.05, 0) is 19.1 Å². The summed E-state index contributed by atoms with van der Waals surface area (Å²) >= 11 is 1.80. The molecule has 0 aliphatic heterocycles. The molecular formula is C11H16N2S. The van der Waals surface area contributed by atoms with Gasteiger partial charge in [0.1, 0.15) is 5.82 Å². The smallest absolute Gasteiger partial charge is 0.124 e. The number of hydrogen-bond acceptors (Lipinski definition) is 3. The summed E-state index contributed by atoms with van der Waals surface area (Å²) in [5.74, 6) is 0.575. The third kappa shape index (κ3) is 3.07. The Morgan fingerprint density at radius 1 is 1.50 bits per heavy atom. The highest BCUT2D eigenvalue weighted by molar-refractivity contribution is 8.08. The highest BCUT2D eigenvalue weighted by Gasteiger charge is 2.05. The molecule has 0 saturated carbocycles. The first-order valence-electron chi connectivity index (χ1n) is 4.69. The van der Waals surface area contributed by atoms with Crippen molar-refractivity contribution in [3.63, 3.8) is 0 Å². The van der Waals surface area contributed by atoms with Crippen LogP contribution in [0, 0.1) is 0 Å². The van der Waals surface area contributed by atoms with E-state index in [1.165, 1.54) is 4.91 Å². The van der Waals surface area contributed by atoms with E-state index in [-0.39, 0.29) is 0 Å². The maximum Gasteiger partial charge on any atom is 0.124 e. The molecule has 1 rings (SSSR count). The van der Waals surface area contributed by atoms with Crippen molar-refractivity contribution >= 4 is 22.5 Å². The Morgan fingerprint density at radius 2 is 2.21 bits per heavy atom. The zero-order chi connectivity index (χ0) is 10.6. The van der Waals surface area contributed by atoms with Crippen LogP contribution in [-0.2, 0) is 0 Å². The van der Waals surface area contributed by atoms with Gasteiger partial charge in [0.25, 0.3) is 0 Å². The first-order valence-corrected chi connectivity index (χ1v) is 5.57. The van der Waals surface area contributed by atoms with Crippen LogP contribution in [0.4, 0.5) is 5.82 Å². The number of rotatable bonds is 3. The van der Waals surface area contributed by atoms with Crippen molar-refractivity contribution in [2.24, 2.45) is 0 Å². The van der Waals surface area contributed by atoms with Crippen LogP contribution in [-0.4, -0.2) is 10.2 Å². The summed E-state index contributed by atoms with van der Waals surface area (Å²) in [6, 6.07) is 5.72. The minimum atomic E-state index is 0.560. The Balaban J connectivity index is 2.90. The molecule has 14 heavy (non-hydrogen) atoms. The lowest BCUT2D eigenvalue weighted by Gasteiger charge is -2.08. The lowest BCUT2D eigenvalue weighted by atomic mass is 10.3. The summed E-state index contributed by atoms with van der Waals surface area (Å²) in [7, 11) is 0. The maximum absolute atomic E-state index is 5.63. The normalized spacial score (nSPS) is 12.1. The number of anilines is 1. The van der Waals surface area contributed by atoms with Gasteiger partial charge in [-0.3, -0.25) is 0 Å². The van der Waals surface area contributed by atoms with Gasteiger partial charge in [0.2, 0.25) is 0 Å². The minimum Gasteiger partial charge on any atom is -0.384 e. The Labute approximate surface area is 89.6 Å². The molecule has 0 radical (unpaired) electrons. The third-order valence-corrected chi connectivity index (χ3v) is 2.82. The number of allylic oxidation sites excluding steroid dienone is 1. The number of nitrogens with zero attached hydrogens (tertiary/aromatic N) is 1. The molecule has 76 valence electrons. The maximum atomic E-state index is 5.63. The van der Waals surface area contributed by atoms with E-state index in [2.05, 4.69) is 24.9 Å². The lowest BCUT2D eigenvalue weighted by Crippen LogP contribution is -1.95. The predicted molar refractivity (Wildman–Crippen MR) is 65.0 cm³/mol. The number of aromatic nitrogens is 1. The summed E-state index contributed by atoms with van der Waals surface area (Å²) in [5, 5.41) is 0.560. The number of pyridine rings is 1. The van der Waals surface area contributed by atoms with E-state index >= 15 is 0 Å². The van der Waals surface area contributed by atoms with Gasteiger partial charge in [-0.25, -0.2) is 4.98 Å². The van der Waals surface area contributed by atoms with Crippen LogP contribution in [0.25, 0.3) is 4.91 Å². The van der Waals surface area contributed by atoms with E-state index < -0.39 is 0 Å². The second kappa shape index (κ2) is 5.05. The molecule has 1 aromatic rings. The molecule has 0 spiro atoms. The molecule has 0 unspecified atom stereocenters. The highest BCUT2D eigenvalue weighted by atomic mass is 32.2. The van der Waals surface area contributed by atoms with Gasteiger partial charge in [0.05, 0.1) is 5.69 Å². The van der Waals surface area contributed by atoms with Gasteiger partial charge in [0, 0.05) is 10.2 Å². The van der Waals surface area contributed by atoms with Crippen LogP contribution in [0.2, 0.25) is 0 Å². The average Bonchev–Trinajstić information content (AvgIpc) is 2.14. The third-order valence-electron chi connectivity index (χ3n) is 1.65. The van der Waals surface area contributed by atoms with Crippen molar-refractivity contribution in [2.75, 3.05) is 5.73 Å². The molecule has 0 bridgehead atoms. The molecule has 0 saturated heterocycles. The van der Waals surface area contributed by atoms with Gasteiger partial charge in [0.15, 0.2) is 0 Å². The molecule has 1 heterocycles. The van der Waals surface area contributed by atoms with Crippen molar-refractivity contribution in [3.8, 4) is 0 Å². The van der Waals surface area contributed by atoms with Crippen molar-refractivity contribution < 1.29 is 0 Å². The summed E-state index contributed by atoms with van der Waals surface area (Å²) < 4.78 is 0. The highest BCUT2D eigenvalue weighted by Crippen LogP contribution is 2.29. The van der Waals surface area contributed by atoms with Crippen LogP contribution >= 0.6 is 11.8 Å². The summed E-state index contributed by atoms with van der Waals surface area (Å²) in [6.07, 6.45) is 2.08. The molecule has 0 aliphatic rings. The Hall–Kier alpha value is -0.960. The van der Waals surface area contributed by atoms with Crippen molar-refractivity contribution in [2.45, 2.75) is 26.0 Å². The number of nitrogen functional groups attached to an aromatic ring is 1. The molecule has 3 heteroatoms. The first kappa shape index (κ1) is 11.1. The summed E-state index contributed by atoms with van der Waals surface area (Å²) in [5.41, 5.74) is 6.60. The number of nitrogens with two attached hydrogens (primary N) is 1. The van der Waals surface area contributed by atoms with E-state index in [0.717, 1.165) is 5.69 Å². The average molecular weight is 208 g/mol. The second-order valence-corrected chi connectivity index (χ2v) is 4.89. The minimum absolute atomic E-state index is 0.560. The van der Waals surface area contributed by atoms with Crippen molar-refractivity contribution in [3.05, 3.63) is 30.0 Å². The second-order valence-electron chi connectivity index (χ2n) is 3.27. The standard InChI is InChI=1S/C11H16N2S/c1-4-10(14-8(2)3)9-6-5-7-11(12)13-9/h4-8H,1-3H3,(H2,12,13)/b10-4-. The van der Waals surface area contributed by atoms with Gasteiger partial charge in [-0.15, -0.1) is 11.8 Å². The van der Waals surface area contributed by atoms with Crippen LogP contribution in [0.1, 0.15) is 26.5 Å². The quantitative estimate of drug-likeness (QED) is 0.829. The first-order chi connectivity index (χ1) is 6.63. The molecular weight excluding hydrogens is 192 g/mol. The molecule has 2 N–H and O–H groups in total. The van der Waals surface area contributed by atoms with Crippen LogP contribution in [0.15, 0.2) is 24.3 Å². The zero-order valence-corrected chi connectivity index (χ0v) is 9.64. The van der Waals surface area contributed by atoms with Gasteiger partial charge >= 0.3 is 0 Å². The fourth-order valence-electron chi connectivity index (χ4n) is 1.12. The predicted octanol–water partition coefficient (Wildman–Crippen LogP) is 3.17. The fourth-order valence-corrected chi connectivity index (χ4v) is 2.00. The molecule has 1 aromatic heterocycles. The van der Waals surface area contributed by atoms with Gasteiger partial charge < -0.3 is 5.73 Å². The van der Waals surface area contributed by atoms with Crippen molar-refractivity contribution in [1.29, 1.82) is 0 Å². The van der Waals surface area contributed by atoms with Crippen LogP contribution < -0.4 is 5.73 Å². The topological polar surface area (TPSA) is 38.9 Å². The monoisotopic (exact) mass is 208 g/mol. The molecule has 2 nitrogen and oxygen atoms in total. The Morgan fingerprint density at radius 3 is 2.71 bits per heavy atom. The lowest BCUT2D eigenvalue weighted by molar-refractivity contribution is 1.12. The zero-order valence-electron chi connectivity index (χ0n) is 8.82. The molecule has 0 aliphatic carbocycles. The largest absolute Gasteiger partial charge is 0.384 e. The van der Waals surface area contributed by atoms with E-state index in [0.29, 0.717) is 11.1 Å². The van der Waals surface area contributed by atoms with E-state index in [9.17, 15) is 0 Å². The molecule has 0 atom stereocenters.